The second-order valence-electron chi connectivity index (χ2n) is 7.34. The van der Waals surface area contributed by atoms with Crippen LogP contribution in [0.2, 0.25) is 0 Å². The number of aromatic carboxylic acids is 1. The number of anilines is 1. The summed E-state index contributed by atoms with van der Waals surface area (Å²) in [5.74, 6) is -0.805. The Hall–Kier alpha value is -3.15. The molecule has 0 aromatic heterocycles. The molecule has 146 valence electrons. The molecule has 0 radical (unpaired) electrons. The Morgan fingerprint density at radius 2 is 1.68 bits per heavy atom. The largest absolute Gasteiger partial charge is 0.478 e. The SMILES string of the molecule is Cc1cc(C(=O)N2CCC(C)CC2)ccc1NC(=O)c1cccc(C(=O)O)c1. The lowest BCUT2D eigenvalue weighted by Gasteiger charge is -2.30. The van der Waals surface area contributed by atoms with E-state index in [1.54, 1.807) is 24.3 Å². The van der Waals surface area contributed by atoms with E-state index >= 15 is 0 Å². The Bertz CT molecular complexity index is 915. The number of aryl methyl sites for hydroxylation is 1. The fourth-order valence-corrected chi connectivity index (χ4v) is 3.32. The van der Waals surface area contributed by atoms with Gasteiger partial charge in [-0.05, 0) is 67.6 Å². The minimum Gasteiger partial charge on any atom is -0.478 e. The summed E-state index contributed by atoms with van der Waals surface area (Å²) in [6, 6.07) is 11.1. The van der Waals surface area contributed by atoms with Crippen molar-refractivity contribution in [1.82, 2.24) is 4.90 Å². The number of likely N-dealkylation sites (tertiary alicyclic amines) is 1. The van der Waals surface area contributed by atoms with Gasteiger partial charge in [0.1, 0.15) is 0 Å². The number of piperidine rings is 1. The molecule has 0 saturated carbocycles. The lowest BCUT2D eigenvalue weighted by Crippen LogP contribution is -2.37. The molecular weight excluding hydrogens is 356 g/mol. The molecular formula is C22H24N2O4. The van der Waals surface area contributed by atoms with Crippen molar-refractivity contribution in [2.75, 3.05) is 18.4 Å². The number of benzene rings is 2. The highest BCUT2D eigenvalue weighted by Crippen LogP contribution is 2.22. The lowest BCUT2D eigenvalue weighted by molar-refractivity contribution is 0.0688. The van der Waals surface area contributed by atoms with Crippen LogP contribution in [-0.4, -0.2) is 40.9 Å². The van der Waals surface area contributed by atoms with E-state index in [1.165, 1.54) is 18.2 Å². The summed E-state index contributed by atoms with van der Waals surface area (Å²) in [6.45, 7) is 5.59. The first-order valence-electron chi connectivity index (χ1n) is 9.40. The maximum absolute atomic E-state index is 12.7. The molecule has 1 aliphatic rings. The molecule has 0 atom stereocenters. The Morgan fingerprint density at radius 3 is 2.32 bits per heavy atom. The topological polar surface area (TPSA) is 86.7 Å². The molecule has 3 rings (SSSR count). The number of hydrogen-bond donors (Lipinski definition) is 2. The molecule has 1 fully saturated rings. The van der Waals surface area contributed by atoms with Crippen molar-refractivity contribution in [3.8, 4) is 0 Å². The number of carboxylic acids is 1. The van der Waals surface area contributed by atoms with Crippen molar-refractivity contribution in [2.45, 2.75) is 26.7 Å². The van der Waals surface area contributed by atoms with Crippen molar-refractivity contribution < 1.29 is 19.5 Å². The average molecular weight is 380 g/mol. The van der Waals surface area contributed by atoms with Crippen LogP contribution in [0.15, 0.2) is 42.5 Å². The van der Waals surface area contributed by atoms with Crippen LogP contribution < -0.4 is 5.32 Å². The fraction of sp³-hybridized carbons (Fsp3) is 0.318. The van der Waals surface area contributed by atoms with Crippen LogP contribution in [0.5, 0.6) is 0 Å². The maximum Gasteiger partial charge on any atom is 0.335 e. The minimum absolute atomic E-state index is 0.0158. The third kappa shape index (κ3) is 4.39. The molecule has 1 saturated heterocycles. The second-order valence-corrected chi connectivity index (χ2v) is 7.34. The minimum atomic E-state index is -1.08. The first-order chi connectivity index (χ1) is 13.3. The number of amides is 2. The summed E-state index contributed by atoms with van der Waals surface area (Å²) in [5, 5.41) is 11.8. The molecule has 0 bridgehead atoms. The van der Waals surface area contributed by atoms with Gasteiger partial charge in [0.25, 0.3) is 11.8 Å². The molecule has 28 heavy (non-hydrogen) atoms. The van der Waals surface area contributed by atoms with Gasteiger partial charge in [0.2, 0.25) is 0 Å². The van der Waals surface area contributed by atoms with E-state index in [9.17, 15) is 14.4 Å². The van der Waals surface area contributed by atoms with Crippen molar-refractivity contribution in [2.24, 2.45) is 5.92 Å². The average Bonchev–Trinajstić information content (AvgIpc) is 2.69. The molecule has 0 spiro atoms. The van der Waals surface area contributed by atoms with Gasteiger partial charge in [-0.2, -0.15) is 0 Å². The monoisotopic (exact) mass is 380 g/mol. The normalized spacial score (nSPS) is 14.6. The molecule has 1 aliphatic heterocycles. The van der Waals surface area contributed by atoms with Gasteiger partial charge in [-0.25, -0.2) is 4.79 Å². The highest BCUT2D eigenvalue weighted by Gasteiger charge is 2.22. The van der Waals surface area contributed by atoms with Gasteiger partial charge in [-0.1, -0.05) is 13.0 Å². The van der Waals surface area contributed by atoms with Crippen molar-refractivity contribution in [3.63, 3.8) is 0 Å². The smallest absolute Gasteiger partial charge is 0.335 e. The van der Waals surface area contributed by atoms with E-state index in [4.69, 9.17) is 5.11 Å². The fourth-order valence-electron chi connectivity index (χ4n) is 3.32. The first-order valence-corrected chi connectivity index (χ1v) is 9.40. The predicted molar refractivity (Wildman–Crippen MR) is 107 cm³/mol. The van der Waals surface area contributed by atoms with Crippen LogP contribution in [0.4, 0.5) is 5.69 Å². The summed E-state index contributed by atoms with van der Waals surface area (Å²) in [4.78, 5) is 38.1. The highest BCUT2D eigenvalue weighted by atomic mass is 16.4. The zero-order valence-electron chi connectivity index (χ0n) is 16.1. The summed E-state index contributed by atoms with van der Waals surface area (Å²) < 4.78 is 0. The summed E-state index contributed by atoms with van der Waals surface area (Å²) in [7, 11) is 0. The molecule has 6 nitrogen and oxygen atoms in total. The van der Waals surface area contributed by atoms with Gasteiger partial charge in [-0.3, -0.25) is 9.59 Å². The Balaban J connectivity index is 1.72. The van der Waals surface area contributed by atoms with E-state index in [1.807, 2.05) is 11.8 Å². The third-order valence-corrected chi connectivity index (χ3v) is 5.16. The quantitative estimate of drug-likeness (QED) is 0.844. The number of nitrogens with one attached hydrogen (secondary N) is 1. The van der Waals surface area contributed by atoms with Crippen LogP contribution in [0, 0.1) is 12.8 Å². The zero-order chi connectivity index (χ0) is 20.3. The van der Waals surface area contributed by atoms with Crippen LogP contribution in [0.1, 0.15) is 56.4 Å². The third-order valence-electron chi connectivity index (χ3n) is 5.16. The molecule has 0 aliphatic carbocycles. The number of rotatable bonds is 4. The van der Waals surface area contributed by atoms with Crippen LogP contribution in [-0.2, 0) is 0 Å². The van der Waals surface area contributed by atoms with Gasteiger partial charge in [0.15, 0.2) is 0 Å². The van der Waals surface area contributed by atoms with E-state index < -0.39 is 11.9 Å². The number of carbonyl (C=O) groups is 3. The first kappa shape index (κ1) is 19.6. The number of carboxylic acid groups (broad SMARTS) is 1. The van der Waals surface area contributed by atoms with Crippen molar-refractivity contribution >= 4 is 23.5 Å². The van der Waals surface area contributed by atoms with E-state index in [0.717, 1.165) is 31.5 Å². The molecule has 0 unspecified atom stereocenters. The molecule has 1 heterocycles. The molecule has 2 amide bonds. The second kappa shape index (κ2) is 8.25. The molecule has 2 aromatic carbocycles. The Kier molecular flexibility index (Phi) is 5.78. The van der Waals surface area contributed by atoms with E-state index in [2.05, 4.69) is 12.2 Å². The van der Waals surface area contributed by atoms with Crippen LogP contribution in [0.3, 0.4) is 0 Å². The van der Waals surface area contributed by atoms with Crippen LogP contribution >= 0.6 is 0 Å². The Morgan fingerprint density at radius 1 is 1.00 bits per heavy atom. The van der Waals surface area contributed by atoms with Crippen molar-refractivity contribution in [3.05, 3.63) is 64.7 Å². The number of hydrogen-bond acceptors (Lipinski definition) is 3. The number of nitrogens with zero attached hydrogens (tertiary/aromatic N) is 1. The van der Waals surface area contributed by atoms with E-state index in [0.29, 0.717) is 17.2 Å². The van der Waals surface area contributed by atoms with Gasteiger partial charge < -0.3 is 15.3 Å². The van der Waals surface area contributed by atoms with Crippen LogP contribution in [0.25, 0.3) is 0 Å². The molecule has 2 aromatic rings. The highest BCUT2D eigenvalue weighted by molar-refractivity contribution is 6.06. The molecule has 2 N–H and O–H groups in total. The van der Waals surface area contributed by atoms with Gasteiger partial charge in [0, 0.05) is 29.9 Å². The lowest BCUT2D eigenvalue weighted by atomic mass is 9.98. The zero-order valence-corrected chi connectivity index (χ0v) is 16.1. The van der Waals surface area contributed by atoms with Gasteiger partial charge in [0.05, 0.1) is 5.56 Å². The van der Waals surface area contributed by atoms with Gasteiger partial charge in [-0.15, -0.1) is 0 Å². The Labute approximate surface area is 164 Å². The van der Waals surface area contributed by atoms with E-state index in [-0.39, 0.29) is 17.0 Å². The number of carbonyl (C=O) groups excluding carboxylic acids is 2. The summed E-state index contributed by atoms with van der Waals surface area (Å²) in [5.41, 5.74) is 2.30. The van der Waals surface area contributed by atoms with Crippen molar-refractivity contribution in [1.29, 1.82) is 0 Å². The standard InChI is InChI=1S/C22H24N2O4/c1-14-8-10-24(11-9-14)21(26)17-6-7-19(15(2)12-17)23-20(25)16-4-3-5-18(13-16)22(27)28/h3-7,12-14H,8-11H2,1-2H3,(H,23,25)(H,27,28). The maximum atomic E-state index is 12.7. The summed E-state index contributed by atoms with van der Waals surface area (Å²) in [6.07, 6.45) is 2.04. The summed E-state index contributed by atoms with van der Waals surface area (Å²) >= 11 is 0. The molecule has 6 heteroatoms. The predicted octanol–water partition coefficient (Wildman–Crippen LogP) is 3.82. The van der Waals surface area contributed by atoms with Gasteiger partial charge >= 0.3 is 5.97 Å².